The summed E-state index contributed by atoms with van der Waals surface area (Å²) in [4.78, 5) is 8.76. The quantitative estimate of drug-likeness (QED) is 0.420. The second-order valence-corrected chi connectivity index (χ2v) is 6.40. The molecule has 0 aliphatic heterocycles. The molecule has 132 valence electrons. The molecule has 0 saturated heterocycles. The molecule has 3 rings (SSSR count). The molecular formula is C15H19ClN8O. The smallest absolute Gasteiger partial charge is 0.227 e. The van der Waals surface area contributed by atoms with Crippen LogP contribution in [0.2, 0.25) is 5.02 Å². The van der Waals surface area contributed by atoms with Crippen molar-refractivity contribution in [2.24, 2.45) is 5.92 Å². The highest BCUT2D eigenvalue weighted by molar-refractivity contribution is 6.31. The summed E-state index contributed by atoms with van der Waals surface area (Å²) in [5.41, 5.74) is 7.90. The van der Waals surface area contributed by atoms with Crippen molar-refractivity contribution in [3.8, 4) is 0 Å². The molecule has 10 heteroatoms. The number of nitrogens with one attached hydrogen (secondary N) is 3. The van der Waals surface area contributed by atoms with Crippen molar-refractivity contribution >= 4 is 45.9 Å². The van der Waals surface area contributed by atoms with Gasteiger partial charge in [0.05, 0.1) is 12.6 Å². The fourth-order valence-corrected chi connectivity index (χ4v) is 2.55. The lowest BCUT2D eigenvalue weighted by Crippen LogP contribution is -2.30. The molecule has 25 heavy (non-hydrogen) atoms. The molecule has 2 aromatic heterocycles. The number of H-pyrrole nitrogens is 1. The summed E-state index contributed by atoms with van der Waals surface area (Å²) in [5.74, 6) is 0.987. The molecule has 0 fully saturated rings. The van der Waals surface area contributed by atoms with Crippen LogP contribution in [0.4, 0.5) is 23.1 Å². The third kappa shape index (κ3) is 3.89. The SMILES string of the molecule is CC(C)C(CO)Nc1nc(Nc2cc(N)cc(Cl)c2)c2n[nH]nc2n1. The van der Waals surface area contributed by atoms with E-state index in [1.165, 1.54) is 0 Å². The Bertz CT molecular complexity index is 861. The molecule has 0 aliphatic carbocycles. The average molecular weight is 363 g/mol. The summed E-state index contributed by atoms with van der Waals surface area (Å²) < 4.78 is 0. The molecule has 3 aromatic rings. The summed E-state index contributed by atoms with van der Waals surface area (Å²) in [6.07, 6.45) is 0. The van der Waals surface area contributed by atoms with Crippen LogP contribution in [0.1, 0.15) is 13.8 Å². The van der Waals surface area contributed by atoms with Gasteiger partial charge in [0.25, 0.3) is 0 Å². The van der Waals surface area contributed by atoms with Gasteiger partial charge in [0.2, 0.25) is 11.6 Å². The number of aliphatic hydroxyl groups excluding tert-OH is 1. The summed E-state index contributed by atoms with van der Waals surface area (Å²) in [7, 11) is 0. The molecule has 6 N–H and O–H groups in total. The minimum absolute atomic E-state index is 0.0362. The van der Waals surface area contributed by atoms with E-state index in [0.29, 0.717) is 39.3 Å². The molecule has 0 bridgehead atoms. The minimum atomic E-state index is -0.181. The third-order valence-corrected chi connectivity index (χ3v) is 3.90. The Kier molecular flexibility index (Phi) is 4.86. The predicted octanol–water partition coefficient (Wildman–Crippen LogP) is 2.16. The van der Waals surface area contributed by atoms with Gasteiger partial charge >= 0.3 is 0 Å². The number of aromatic nitrogens is 5. The van der Waals surface area contributed by atoms with Crippen molar-refractivity contribution in [2.45, 2.75) is 19.9 Å². The summed E-state index contributed by atoms with van der Waals surface area (Å²) >= 11 is 6.04. The molecule has 0 spiro atoms. The first-order chi connectivity index (χ1) is 12.0. The third-order valence-electron chi connectivity index (χ3n) is 3.68. The van der Waals surface area contributed by atoms with Crippen LogP contribution in [0.3, 0.4) is 0 Å². The van der Waals surface area contributed by atoms with Crippen LogP contribution in [0.25, 0.3) is 11.2 Å². The Morgan fingerprint density at radius 2 is 2.04 bits per heavy atom. The van der Waals surface area contributed by atoms with Crippen LogP contribution >= 0.6 is 11.6 Å². The van der Waals surface area contributed by atoms with Gasteiger partial charge in [-0.15, -0.1) is 5.10 Å². The number of benzene rings is 1. The number of aromatic amines is 1. The summed E-state index contributed by atoms with van der Waals surface area (Å²) in [5, 5.41) is 26.9. The van der Waals surface area contributed by atoms with Gasteiger partial charge in [-0.3, -0.25) is 0 Å². The average Bonchev–Trinajstić information content (AvgIpc) is 3.00. The number of aliphatic hydroxyl groups is 1. The Hall–Kier alpha value is -2.65. The zero-order chi connectivity index (χ0) is 18.0. The topological polar surface area (TPSA) is 138 Å². The zero-order valence-corrected chi connectivity index (χ0v) is 14.5. The summed E-state index contributed by atoms with van der Waals surface area (Å²) in [6.45, 7) is 3.96. The number of hydrogen-bond donors (Lipinski definition) is 5. The van der Waals surface area contributed by atoms with Crippen LogP contribution in [0.5, 0.6) is 0 Å². The van der Waals surface area contributed by atoms with E-state index in [2.05, 4.69) is 36.0 Å². The van der Waals surface area contributed by atoms with Gasteiger partial charge in [0.1, 0.15) is 0 Å². The molecule has 0 radical (unpaired) electrons. The fraction of sp³-hybridized carbons (Fsp3) is 0.333. The number of hydrogen-bond acceptors (Lipinski definition) is 8. The van der Waals surface area contributed by atoms with Crippen molar-refractivity contribution in [1.82, 2.24) is 25.4 Å². The normalized spacial score (nSPS) is 12.5. The van der Waals surface area contributed by atoms with Crippen molar-refractivity contribution < 1.29 is 5.11 Å². The largest absolute Gasteiger partial charge is 0.399 e. The number of fused-ring (bicyclic) bond motifs is 1. The Balaban J connectivity index is 1.97. The lowest BCUT2D eigenvalue weighted by Gasteiger charge is -2.20. The molecule has 9 nitrogen and oxygen atoms in total. The second kappa shape index (κ2) is 7.08. The number of halogens is 1. The van der Waals surface area contributed by atoms with E-state index in [1.54, 1.807) is 18.2 Å². The van der Waals surface area contributed by atoms with E-state index < -0.39 is 0 Å². The van der Waals surface area contributed by atoms with Gasteiger partial charge < -0.3 is 21.5 Å². The van der Waals surface area contributed by atoms with Gasteiger partial charge in [-0.2, -0.15) is 20.3 Å². The Labute approximate surface area is 149 Å². The van der Waals surface area contributed by atoms with Crippen LogP contribution < -0.4 is 16.4 Å². The van der Waals surface area contributed by atoms with Crippen LogP contribution in [0, 0.1) is 5.92 Å². The number of rotatable bonds is 6. The highest BCUT2D eigenvalue weighted by Crippen LogP contribution is 2.26. The van der Waals surface area contributed by atoms with Crippen LogP contribution in [0.15, 0.2) is 18.2 Å². The number of nitrogens with two attached hydrogens (primary N) is 1. The lowest BCUT2D eigenvalue weighted by molar-refractivity contribution is 0.248. The molecule has 2 heterocycles. The maximum Gasteiger partial charge on any atom is 0.227 e. The van der Waals surface area contributed by atoms with E-state index in [0.717, 1.165) is 0 Å². The molecule has 1 aromatic carbocycles. The maximum atomic E-state index is 9.50. The first-order valence-corrected chi connectivity index (χ1v) is 8.13. The van der Waals surface area contributed by atoms with E-state index in [9.17, 15) is 5.11 Å². The van der Waals surface area contributed by atoms with E-state index in [-0.39, 0.29) is 18.6 Å². The van der Waals surface area contributed by atoms with Gasteiger partial charge in [-0.05, 0) is 24.1 Å². The zero-order valence-electron chi connectivity index (χ0n) is 13.8. The predicted molar refractivity (Wildman–Crippen MR) is 98.0 cm³/mol. The van der Waals surface area contributed by atoms with Crippen LogP contribution in [-0.2, 0) is 0 Å². The highest BCUT2D eigenvalue weighted by Gasteiger charge is 2.17. The standard InChI is InChI=1S/C15H19ClN8O/c1-7(2)11(6-25)19-15-20-13(12-14(21-15)23-24-22-12)18-10-4-8(16)3-9(17)5-10/h3-5,7,11,25H,6,17H2,1-2H3,(H3,18,19,20,21,22,23,24). The molecular weight excluding hydrogens is 344 g/mol. The molecule has 0 amide bonds. The molecule has 1 atom stereocenters. The number of nitrogens with zero attached hydrogens (tertiary/aromatic N) is 4. The van der Waals surface area contributed by atoms with E-state index in [4.69, 9.17) is 17.3 Å². The molecule has 1 unspecified atom stereocenters. The Morgan fingerprint density at radius 3 is 2.72 bits per heavy atom. The first kappa shape index (κ1) is 17.2. The van der Waals surface area contributed by atoms with Gasteiger partial charge in [0, 0.05) is 16.4 Å². The maximum absolute atomic E-state index is 9.50. The molecule has 0 aliphatic rings. The fourth-order valence-electron chi connectivity index (χ4n) is 2.31. The van der Waals surface area contributed by atoms with Crippen molar-refractivity contribution in [2.75, 3.05) is 23.0 Å². The lowest BCUT2D eigenvalue weighted by atomic mass is 10.1. The van der Waals surface area contributed by atoms with Crippen molar-refractivity contribution in [3.63, 3.8) is 0 Å². The minimum Gasteiger partial charge on any atom is -0.399 e. The van der Waals surface area contributed by atoms with E-state index in [1.807, 2.05) is 13.8 Å². The molecule has 0 saturated carbocycles. The second-order valence-electron chi connectivity index (χ2n) is 5.97. The van der Waals surface area contributed by atoms with Gasteiger partial charge in [-0.25, -0.2) is 0 Å². The summed E-state index contributed by atoms with van der Waals surface area (Å²) in [6, 6.07) is 4.93. The van der Waals surface area contributed by atoms with E-state index >= 15 is 0 Å². The monoisotopic (exact) mass is 362 g/mol. The number of anilines is 4. The van der Waals surface area contributed by atoms with Gasteiger partial charge in [-0.1, -0.05) is 25.4 Å². The first-order valence-electron chi connectivity index (χ1n) is 7.75. The Morgan fingerprint density at radius 1 is 1.24 bits per heavy atom. The van der Waals surface area contributed by atoms with Gasteiger partial charge in [0.15, 0.2) is 11.3 Å². The van der Waals surface area contributed by atoms with Crippen LogP contribution in [-0.4, -0.2) is 43.1 Å². The number of nitrogen functional groups attached to an aromatic ring is 1. The highest BCUT2D eigenvalue weighted by atomic mass is 35.5. The van der Waals surface area contributed by atoms with Crippen molar-refractivity contribution in [3.05, 3.63) is 23.2 Å². The van der Waals surface area contributed by atoms with Crippen molar-refractivity contribution in [1.29, 1.82) is 0 Å².